The van der Waals surface area contributed by atoms with E-state index in [0.29, 0.717) is 6.42 Å². The molecule has 0 atom stereocenters. The van der Waals surface area contributed by atoms with Gasteiger partial charge in [-0.1, -0.05) is 126 Å². The van der Waals surface area contributed by atoms with Crippen molar-refractivity contribution in [1.82, 2.24) is 0 Å². The molecule has 0 radical (unpaired) electrons. The summed E-state index contributed by atoms with van der Waals surface area (Å²) in [5.74, 6) is 0.283. The number of hydrogen-bond acceptors (Lipinski definition) is 1. The molecule has 146 valence electrons. The Kier molecular flexibility index (Phi) is 10.6. The zero-order valence-electron chi connectivity index (χ0n) is 17.1. The van der Waals surface area contributed by atoms with Crippen LogP contribution in [0.1, 0.15) is 94.3 Å². The predicted molar refractivity (Wildman–Crippen MR) is 117 cm³/mol. The van der Waals surface area contributed by atoms with Crippen LogP contribution in [0.2, 0.25) is 0 Å². The summed E-state index contributed by atoms with van der Waals surface area (Å²) in [7, 11) is 0. The van der Waals surface area contributed by atoms with Crippen molar-refractivity contribution in [3.63, 3.8) is 0 Å². The van der Waals surface area contributed by atoms with Gasteiger partial charge in [-0.05, 0) is 17.5 Å². The molecule has 0 unspecified atom stereocenters. The maximum absolute atomic E-state index is 12.4. The average molecular weight is 365 g/mol. The number of hydrogen-bond donors (Lipinski definition) is 0. The van der Waals surface area contributed by atoms with Gasteiger partial charge in [-0.25, -0.2) is 0 Å². The normalized spacial score (nSPS) is 10.9. The van der Waals surface area contributed by atoms with E-state index in [2.05, 4.69) is 31.2 Å². The minimum atomic E-state index is 0.283. The van der Waals surface area contributed by atoms with Crippen LogP contribution in [0.15, 0.2) is 54.6 Å². The van der Waals surface area contributed by atoms with Gasteiger partial charge in [0, 0.05) is 12.0 Å². The zero-order chi connectivity index (χ0) is 19.2. The predicted octanol–water partition coefficient (Wildman–Crippen LogP) is 8.24. The molecule has 1 nitrogen and oxygen atoms in total. The third kappa shape index (κ3) is 8.56. The molecule has 1 heteroatoms. The fourth-order valence-electron chi connectivity index (χ4n) is 3.57. The zero-order valence-corrected chi connectivity index (χ0v) is 17.1. The van der Waals surface area contributed by atoms with Gasteiger partial charge in [0.2, 0.25) is 0 Å². The Bertz CT molecular complexity index is 627. The van der Waals surface area contributed by atoms with Crippen LogP contribution in [0.4, 0.5) is 0 Å². The SMILES string of the molecule is CCCCCCCCCCCCCC(=O)c1ccc(-c2ccccc2)cc1. The van der Waals surface area contributed by atoms with E-state index >= 15 is 0 Å². The Labute approximate surface area is 166 Å². The highest BCUT2D eigenvalue weighted by Crippen LogP contribution is 2.20. The Morgan fingerprint density at radius 3 is 1.63 bits per heavy atom. The van der Waals surface area contributed by atoms with Crippen molar-refractivity contribution in [2.24, 2.45) is 0 Å². The second-order valence-corrected chi connectivity index (χ2v) is 7.65. The van der Waals surface area contributed by atoms with E-state index in [1.807, 2.05) is 30.3 Å². The van der Waals surface area contributed by atoms with E-state index in [9.17, 15) is 4.79 Å². The summed E-state index contributed by atoms with van der Waals surface area (Å²) in [6.07, 6.45) is 15.2. The van der Waals surface area contributed by atoms with Gasteiger partial charge < -0.3 is 0 Å². The van der Waals surface area contributed by atoms with E-state index in [0.717, 1.165) is 12.0 Å². The molecule has 0 spiro atoms. The van der Waals surface area contributed by atoms with Crippen molar-refractivity contribution in [3.8, 4) is 11.1 Å². The summed E-state index contributed by atoms with van der Waals surface area (Å²) >= 11 is 0. The molecule has 0 N–H and O–H groups in total. The van der Waals surface area contributed by atoms with Crippen LogP contribution in [0.5, 0.6) is 0 Å². The Morgan fingerprint density at radius 1 is 0.593 bits per heavy atom. The van der Waals surface area contributed by atoms with Crippen LogP contribution < -0.4 is 0 Å². The first-order valence-electron chi connectivity index (χ1n) is 11.0. The van der Waals surface area contributed by atoms with Crippen LogP contribution >= 0.6 is 0 Å². The van der Waals surface area contributed by atoms with Crippen LogP contribution in [-0.4, -0.2) is 5.78 Å². The lowest BCUT2D eigenvalue weighted by Gasteiger charge is -2.05. The number of ketones is 1. The first kappa shape index (κ1) is 21.4. The number of Topliss-reactive ketones (excluding diaryl/α,β-unsaturated/α-hetero) is 1. The molecule has 2 aromatic rings. The first-order valence-corrected chi connectivity index (χ1v) is 11.0. The number of benzene rings is 2. The van der Waals surface area contributed by atoms with Crippen LogP contribution in [0.25, 0.3) is 11.1 Å². The van der Waals surface area contributed by atoms with Crippen LogP contribution in [-0.2, 0) is 0 Å². The Hall–Kier alpha value is -1.89. The van der Waals surface area contributed by atoms with Crippen molar-refractivity contribution < 1.29 is 4.79 Å². The summed E-state index contributed by atoms with van der Waals surface area (Å²) in [4.78, 5) is 12.4. The molecule has 2 aromatic carbocycles. The molecule has 0 aliphatic carbocycles. The quantitative estimate of drug-likeness (QED) is 0.244. The molecule has 0 saturated carbocycles. The third-order valence-electron chi connectivity index (χ3n) is 5.32. The van der Waals surface area contributed by atoms with Crippen molar-refractivity contribution in [2.45, 2.75) is 84.0 Å². The highest BCUT2D eigenvalue weighted by atomic mass is 16.1. The van der Waals surface area contributed by atoms with Gasteiger partial charge in [0.25, 0.3) is 0 Å². The Balaban J connectivity index is 1.56. The van der Waals surface area contributed by atoms with E-state index in [1.165, 1.54) is 75.3 Å². The van der Waals surface area contributed by atoms with E-state index in [-0.39, 0.29) is 5.78 Å². The molecule has 2 rings (SSSR count). The second-order valence-electron chi connectivity index (χ2n) is 7.65. The highest BCUT2D eigenvalue weighted by Gasteiger charge is 2.06. The van der Waals surface area contributed by atoms with Gasteiger partial charge in [0.15, 0.2) is 5.78 Å². The fourth-order valence-corrected chi connectivity index (χ4v) is 3.57. The second kappa shape index (κ2) is 13.3. The lowest BCUT2D eigenvalue weighted by atomic mass is 9.99. The monoisotopic (exact) mass is 364 g/mol. The van der Waals surface area contributed by atoms with Gasteiger partial charge >= 0.3 is 0 Å². The summed E-state index contributed by atoms with van der Waals surface area (Å²) in [6, 6.07) is 18.4. The molecule has 0 aliphatic heterocycles. The van der Waals surface area contributed by atoms with Crippen molar-refractivity contribution in [3.05, 3.63) is 60.2 Å². The van der Waals surface area contributed by atoms with Crippen LogP contribution in [0, 0.1) is 0 Å². The molecule has 0 aliphatic rings. The van der Waals surface area contributed by atoms with Gasteiger partial charge in [0.1, 0.15) is 0 Å². The molecular weight excluding hydrogens is 328 g/mol. The van der Waals surface area contributed by atoms with Crippen molar-refractivity contribution in [1.29, 1.82) is 0 Å². The summed E-state index contributed by atoms with van der Waals surface area (Å²) in [5, 5.41) is 0. The van der Waals surface area contributed by atoms with Gasteiger partial charge in [-0.15, -0.1) is 0 Å². The van der Waals surface area contributed by atoms with E-state index in [4.69, 9.17) is 0 Å². The standard InChI is InChI=1S/C26H36O/c1-2-3-4-5-6-7-8-9-10-11-15-18-26(27)25-21-19-24(20-22-25)23-16-13-12-14-17-23/h12-14,16-17,19-22H,2-11,15,18H2,1H3. The molecule has 0 amide bonds. The maximum atomic E-state index is 12.4. The Morgan fingerprint density at radius 2 is 1.07 bits per heavy atom. The number of carbonyl (C=O) groups excluding carboxylic acids is 1. The molecular formula is C26H36O. The molecule has 0 bridgehead atoms. The van der Waals surface area contributed by atoms with E-state index in [1.54, 1.807) is 0 Å². The van der Waals surface area contributed by atoms with Crippen molar-refractivity contribution >= 4 is 5.78 Å². The van der Waals surface area contributed by atoms with Gasteiger partial charge in [0.05, 0.1) is 0 Å². The summed E-state index contributed by atoms with van der Waals surface area (Å²) in [5.41, 5.74) is 3.21. The number of unbranched alkanes of at least 4 members (excludes halogenated alkanes) is 10. The summed E-state index contributed by atoms with van der Waals surface area (Å²) in [6.45, 7) is 2.27. The van der Waals surface area contributed by atoms with Crippen molar-refractivity contribution in [2.75, 3.05) is 0 Å². The molecule has 27 heavy (non-hydrogen) atoms. The largest absolute Gasteiger partial charge is 0.294 e. The summed E-state index contributed by atoms with van der Waals surface area (Å²) < 4.78 is 0. The third-order valence-corrected chi connectivity index (χ3v) is 5.32. The molecule has 0 fully saturated rings. The number of rotatable bonds is 14. The molecule has 0 aromatic heterocycles. The fraction of sp³-hybridized carbons (Fsp3) is 0.500. The van der Waals surface area contributed by atoms with E-state index < -0.39 is 0 Å². The average Bonchev–Trinajstić information content (AvgIpc) is 2.72. The molecule has 0 heterocycles. The van der Waals surface area contributed by atoms with Gasteiger partial charge in [-0.2, -0.15) is 0 Å². The van der Waals surface area contributed by atoms with Crippen LogP contribution in [0.3, 0.4) is 0 Å². The van der Waals surface area contributed by atoms with Gasteiger partial charge in [-0.3, -0.25) is 4.79 Å². The maximum Gasteiger partial charge on any atom is 0.162 e. The number of carbonyl (C=O) groups is 1. The minimum absolute atomic E-state index is 0.283. The lowest BCUT2D eigenvalue weighted by Crippen LogP contribution is -1.98. The lowest BCUT2D eigenvalue weighted by molar-refractivity contribution is 0.0979. The molecule has 0 saturated heterocycles. The highest BCUT2D eigenvalue weighted by molar-refractivity contribution is 5.96. The topological polar surface area (TPSA) is 17.1 Å². The first-order chi connectivity index (χ1) is 13.3. The smallest absolute Gasteiger partial charge is 0.162 e. The minimum Gasteiger partial charge on any atom is -0.294 e.